The molecule has 0 aliphatic heterocycles. The minimum Gasteiger partial charge on any atom is -0.293 e. The largest absolute Gasteiger partial charge is 0.293 e. The number of aromatic nitrogens is 4. The van der Waals surface area contributed by atoms with Gasteiger partial charge in [0.15, 0.2) is 5.78 Å². The smallest absolute Gasteiger partial charge is 0.210 e. The zero-order valence-electron chi connectivity index (χ0n) is 13.9. The van der Waals surface area contributed by atoms with Gasteiger partial charge in [0.1, 0.15) is 11.2 Å². The number of hydrogen-bond donors (Lipinski definition) is 0. The van der Waals surface area contributed by atoms with Gasteiger partial charge in [-0.05, 0) is 23.3 Å². The van der Waals surface area contributed by atoms with Crippen molar-refractivity contribution in [1.29, 1.82) is 10.5 Å². The summed E-state index contributed by atoms with van der Waals surface area (Å²) in [5.41, 5.74) is 0.475. The van der Waals surface area contributed by atoms with Crippen LogP contribution in [0.1, 0.15) is 36.5 Å². The van der Waals surface area contributed by atoms with E-state index in [0.29, 0.717) is 17.3 Å². The number of aryl methyl sites for hydroxylation is 1. The van der Waals surface area contributed by atoms with E-state index in [2.05, 4.69) is 28.5 Å². The van der Waals surface area contributed by atoms with Gasteiger partial charge in [-0.25, -0.2) is 4.68 Å². The molecule has 2 rings (SSSR count). The Labute approximate surface area is 150 Å². The lowest BCUT2D eigenvalue weighted by Crippen LogP contribution is -2.18. The summed E-state index contributed by atoms with van der Waals surface area (Å²) in [6.07, 6.45) is 2.07. The van der Waals surface area contributed by atoms with Crippen LogP contribution in [0, 0.1) is 28.6 Å². The molecule has 128 valence electrons. The van der Waals surface area contributed by atoms with E-state index in [1.807, 2.05) is 12.1 Å². The molecule has 0 fully saturated rings. The Balaban J connectivity index is 2.06. The molecule has 1 aromatic carbocycles. The average Bonchev–Trinajstić information content (AvgIpc) is 3.10. The lowest BCUT2D eigenvalue weighted by Gasteiger charge is -2.12. The van der Waals surface area contributed by atoms with Crippen molar-refractivity contribution in [3.8, 4) is 12.1 Å². The SMILES string of the molecule is CCCCn1nnnc1SC(C#N)CC(C#N)C(=O)c1ccccc1. The first kappa shape index (κ1) is 18.6. The Morgan fingerprint density at radius 3 is 2.68 bits per heavy atom. The lowest BCUT2D eigenvalue weighted by molar-refractivity contribution is 0.0945. The van der Waals surface area contributed by atoms with E-state index in [1.54, 1.807) is 28.9 Å². The van der Waals surface area contributed by atoms with Gasteiger partial charge in [0.2, 0.25) is 5.16 Å². The van der Waals surface area contributed by atoms with Crippen LogP contribution in [-0.4, -0.2) is 31.2 Å². The molecule has 0 saturated heterocycles. The molecule has 2 unspecified atom stereocenters. The molecule has 0 saturated carbocycles. The van der Waals surface area contributed by atoms with Crippen molar-refractivity contribution in [3.63, 3.8) is 0 Å². The average molecular weight is 354 g/mol. The van der Waals surface area contributed by atoms with Crippen molar-refractivity contribution >= 4 is 17.5 Å². The van der Waals surface area contributed by atoms with Gasteiger partial charge in [-0.15, -0.1) is 5.10 Å². The van der Waals surface area contributed by atoms with Crippen LogP contribution in [-0.2, 0) is 6.54 Å². The van der Waals surface area contributed by atoms with Gasteiger partial charge >= 0.3 is 0 Å². The highest BCUT2D eigenvalue weighted by molar-refractivity contribution is 8.00. The third-order valence-corrected chi connectivity index (χ3v) is 4.68. The van der Waals surface area contributed by atoms with Crippen molar-refractivity contribution in [2.75, 3.05) is 0 Å². The summed E-state index contributed by atoms with van der Waals surface area (Å²) in [7, 11) is 0. The molecular weight excluding hydrogens is 336 g/mol. The van der Waals surface area contributed by atoms with Crippen molar-refractivity contribution < 1.29 is 4.79 Å². The number of unbranched alkanes of at least 4 members (excludes halogenated alkanes) is 1. The standard InChI is InChI=1S/C17H18N6OS/c1-2-3-9-23-17(20-21-22-23)25-15(12-19)10-14(11-18)16(24)13-7-5-4-6-8-13/h4-8,14-15H,2-3,9-10H2,1H3. The van der Waals surface area contributed by atoms with E-state index >= 15 is 0 Å². The number of carbonyl (C=O) groups excluding carboxylic acids is 1. The fraction of sp³-hybridized carbons (Fsp3) is 0.412. The molecule has 0 N–H and O–H groups in total. The fourth-order valence-corrected chi connectivity index (χ4v) is 3.15. The number of tetrazole rings is 1. The van der Waals surface area contributed by atoms with Gasteiger partial charge in [0.05, 0.1) is 12.1 Å². The number of nitriles is 2. The van der Waals surface area contributed by atoms with E-state index in [1.165, 1.54) is 11.8 Å². The first-order valence-electron chi connectivity index (χ1n) is 8.00. The molecule has 0 aliphatic rings. The summed E-state index contributed by atoms with van der Waals surface area (Å²) >= 11 is 1.19. The van der Waals surface area contributed by atoms with E-state index in [4.69, 9.17) is 0 Å². The molecule has 0 aliphatic carbocycles. The molecule has 2 aromatic rings. The number of hydrogen-bond acceptors (Lipinski definition) is 7. The second-order valence-corrected chi connectivity index (χ2v) is 6.59. The van der Waals surface area contributed by atoms with E-state index in [-0.39, 0.29) is 12.2 Å². The van der Waals surface area contributed by atoms with Crippen LogP contribution in [0.3, 0.4) is 0 Å². The van der Waals surface area contributed by atoms with Gasteiger partial charge in [-0.2, -0.15) is 10.5 Å². The Morgan fingerprint density at radius 2 is 2.04 bits per heavy atom. The quantitative estimate of drug-likeness (QED) is 0.503. The van der Waals surface area contributed by atoms with Crippen LogP contribution in [0.2, 0.25) is 0 Å². The molecule has 0 spiro atoms. The highest BCUT2D eigenvalue weighted by Gasteiger charge is 2.26. The van der Waals surface area contributed by atoms with Gasteiger partial charge < -0.3 is 0 Å². The number of ketones is 1. The first-order chi connectivity index (χ1) is 12.2. The van der Waals surface area contributed by atoms with Crippen LogP contribution >= 0.6 is 11.8 Å². The summed E-state index contributed by atoms with van der Waals surface area (Å²) in [4.78, 5) is 12.5. The first-order valence-corrected chi connectivity index (χ1v) is 8.88. The Morgan fingerprint density at radius 1 is 1.28 bits per heavy atom. The number of carbonyl (C=O) groups is 1. The third kappa shape index (κ3) is 5.13. The maximum Gasteiger partial charge on any atom is 0.210 e. The second kappa shape index (κ2) is 9.55. The summed E-state index contributed by atoms with van der Waals surface area (Å²) < 4.78 is 1.65. The number of benzene rings is 1. The summed E-state index contributed by atoms with van der Waals surface area (Å²) in [6, 6.07) is 12.8. The fourth-order valence-electron chi connectivity index (χ4n) is 2.22. The Bertz CT molecular complexity index is 776. The molecule has 8 heteroatoms. The zero-order valence-corrected chi connectivity index (χ0v) is 14.7. The lowest BCUT2D eigenvalue weighted by atomic mass is 9.95. The van der Waals surface area contributed by atoms with Crippen molar-refractivity contribution in [2.24, 2.45) is 5.92 Å². The molecule has 0 bridgehead atoms. The summed E-state index contributed by atoms with van der Waals surface area (Å²) in [5.74, 6) is -1.14. The second-order valence-electron chi connectivity index (χ2n) is 5.42. The Kier molecular flexibility index (Phi) is 7.12. The zero-order chi connectivity index (χ0) is 18.1. The van der Waals surface area contributed by atoms with Crippen LogP contribution in [0.5, 0.6) is 0 Å². The molecule has 0 radical (unpaired) electrons. The highest BCUT2D eigenvalue weighted by atomic mass is 32.2. The van der Waals surface area contributed by atoms with Gasteiger partial charge in [0.25, 0.3) is 0 Å². The predicted octanol–water partition coefficient (Wildman–Crippen LogP) is 2.87. The molecular formula is C17H18N6OS. The van der Waals surface area contributed by atoms with Gasteiger partial charge in [0, 0.05) is 12.1 Å². The van der Waals surface area contributed by atoms with E-state index < -0.39 is 11.2 Å². The maximum atomic E-state index is 12.5. The minimum absolute atomic E-state index is 0.131. The normalized spacial score (nSPS) is 12.8. The van der Waals surface area contributed by atoms with E-state index in [0.717, 1.165) is 12.8 Å². The van der Waals surface area contributed by atoms with Crippen LogP contribution in [0.15, 0.2) is 35.5 Å². The van der Waals surface area contributed by atoms with Crippen LogP contribution < -0.4 is 0 Å². The minimum atomic E-state index is -0.875. The Hall–Kier alpha value is -2.71. The van der Waals surface area contributed by atoms with Crippen LogP contribution in [0.25, 0.3) is 0 Å². The molecule has 1 heterocycles. The number of nitrogens with zero attached hydrogens (tertiary/aromatic N) is 6. The van der Waals surface area contributed by atoms with Gasteiger partial charge in [-0.1, -0.05) is 55.4 Å². The molecule has 0 amide bonds. The van der Waals surface area contributed by atoms with Crippen molar-refractivity contribution in [1.82, 2.24) is 20.2 Å². The van der Waals surface area contributed by atoms with Crippen molar-refractivity contribution in [3.05, 3.63) is 35.9 Å². The molecule has 7 nitrogen and oxygen atoms in total. The number of thioether (sulfide) groups is 1. The third-order valence-electron chi connectivity index (χ3n) is 3.59. The monoisotopic (exact) mass is 354 g/mol. The van der Waals surface area contributed by atoms with Crippen molar-refractivity contribution in [2.45, 2.75) is 43.1 Å². The van der Waals surface area contributed by atoms with Crippen LogP contribution in [0.4, 0.5) is 0 Å². The van der Waals surface area contributed by atoms with Gasteiger partial charge in [-0.3, -0.25) is 4.79 Å². The predicted molar refractivity (Wildman–Crippen MR) is 92.5 cm³/mol. The highest BCUT2D eigenvalue weighted by Crippen LogP contribution is 2.26. The molecule has 25 heavy (non-hydrogen) atoms. The number of rotatable bonds is 9. The summed E-state index contributed by atoms with van der Waals surface area (Å²) in [6.45, 7) is 2.75. The maximum absolute atomic E-state index is 12.5. The molecule has 1 aromatic heterocycles. The molecule has 2 atom stereocenters. The number of Topliss-reactive ketones (excluding diaryl/α,β-unsaturated/α-hetero) is 1. The topological polar surface area (TPSA) is 108 Å². The summed E-state index contributed by atoms with van der Waals surface area (Å²) in [5, 5.41) is 30.2. The van der Waals surface area contributed by atoms with E-state index in [9.17, 15) is 15.3 Å².